The molecule has 1 N–H and O–H groups in total. The molecule has 8 heteroatoms. The molecule has 0 saturated heterocycles. The van der Waals surface area contributed by atoms with Crippen molar-refractivity contribution in [2.45, 2.75) is 5.92 Å². The van der Waals surface area contributed by atoms with Crippen molar-refractivity contribution >= 4 is 11.8 Å². The third-order valence-electron chi connectivity index (χ3n) is 4.93. The highest BCUT2D eigenvalue weighted by Crippen LogP contribution is 2.42. The first-order valence-corrected chi connectivity index (χ1v) is 8.29. The van der Waals surface area contributed by atoms with Gasteiger partial charge in [0.15, 0.2) is 0 Å². The molecule has 2 atom stereocenters. The third kappa shape index (κ3) is 2.83. The summed E-state index contributed by atoms with van der Waals surface area (Å²) in [4.78, 5) is 37.8. The Labute approximate surface area is 155 Å². The summed E-state index contributed by atoms with van der Waals surface area (Å²) in [5, 5.41) is 2.95. The molecule has 2 unspecified atom stereocenters. The largest absolute Gasteiger partial charge is 0.497 e. The van der Waals surface area contributed by atoms with E-state index in [4.69, 9.17) is 9.47 Å². The molecule has 142 valence electrons. The van der Waals surface area contributed by atoms with Crippen LogP contribution in [0.25, 0.3) is 0 Å². The molecule has 0 spiro atoms. The molecule has 1 aliphatic rings. The maximum absolute atomic E-state index is 13.0. The van der Waals surface area contributed by atoms with Gasteiger partial charge in [-0.05, 0) is 17.7 Å². The Balaban J connectivity index is 2.34. The number of hydrogen-bond acceptors (Lipinski definition) is 6. The minimum absolute atomic E-state index is 0.313. The van der Waals surface area contributed by atoms with Gasteiger partial charge in [0.05, 0.1) is 19.8 Å². The fraction of sp³-hybridized carbons (Fsp3) is 0.316. The summed E-state index contributed by atoms with van der Waals surface area (Å²) < 4.78 is 12.5. The molecule has 0 radical (unpaired) electrons. The Hall–Kier alpha value is -3.29. The highest BCUT2D eigenvalue weighted by Gasteiger charge is 2.42. The Morgan fingerprint density at radius 3 is 2.30 bits per heavy atom. The first-order valence-electron chi connectivity index (χ1n) is 8.29. The number of anilines is 1. The molecule has 2 aromatic rings. The molecule has 2 heterocycles. The van der Waals surface area contributed by atoms with E-state index < -0.39 is 29.1 Å². The average molecular weight is 371 g/mol. The fourth-order valence-electron chi connectivity index (χ4n) is 3.48. The first kappa shape index (κ1) is 18.5. The minimum atomic E-state index is -0.818. The van der Waals surface area contributed by atoms with Crippen LogP contribution < -0.4 is 21.3 Å². The zero-order chi connectivity index (χ0) is 19.9. The van der Waals surface area contributed by atoms with Gasteiger partial charge in [-0.15, -0.1) is 0 Å². The van der Waals surface area contributed by atoms with Gasteiger partial charge in [-0.2, -0.15) is 0 Å². The molecule has 1 aromatic heterocycles. The molecule has 0 saturated carbocycles. The van der Waals surface area contributed by atoms with Crippen LogP contribution in [-0.4, -0.2) is 29.3 Å². The number of nitrogens with one attached hydrogen (secondary N) is 1. The second-order valence-corrected chi connectivity index (χ2v) is 6.37. The molecule has 0 bridgehead atoms. The van der Waals surface area contributed by atoms with E-state index in [0.717, 1.165) is 4.57 Å². The molecule has 1 aliphatic heterocycles. The van der Waals surface area contributed by atoms with E-state index in [1.807, 2.05) is 0 Å². The summed E-state index contributed by atoms with van der Waals surface area (Å²) in [6.45, 7) is 3.94. The van der Waals surface area contributed by atoms with Crippen LogP contribution in [0.15, 0.2) is 46.1 Å². The highest BCUT2D eigenvalue weighted by molar-refractivity contribution is 5.81. The van der Waals surface area contributed by atoms with Gasteiger partial charge in [-0.3, -0.25) is 18.7 Å². The number of rotatable bonds is 3. The number of ether oxygens (including phenoxy) is 2. The molecule has 1 aromatic carbocycles. The number of carbonyl (C=O) groups excluding carboxylic acids is 1. The van der Waals surface area contributed by atoms with Crippen molar-refractivity contribution in [3.8, 4) is 5.75 Å². The van der Waals surface area contributed by atoms with E-state index in [1.165, 1.54) is 18.7 Å². The standard InChI is InChI=1S/C19H21N3O5/c1-10-13(18(24)27-5)14(11-6-8-12(26-4)9-7-11)15-16(20-10)21(2)19(25)22(3)17(15)23/h6-9,13-14,20H,1H2,2-5H3. The molecular formula is C19H21N3O5. The second kappa shape index (κ2) is 6.79. The molecule has 0 aliphatic carbocycles. The lowest BCUT2D eigenvalue weighted by Gasteiger charge is -2.35. The number of nitrogens with zero attached hydrogens (tertiary/aromatic N) is 2. The van der Waals surface area contributed by atoms with Crippen LogP contribution in [0.2, 0.25) is 0 Å². The van der Waals surface area contributed by atoms with Crippen LogP contribution in [0, 0.1) is 5.92 Å². The van der Waals surface area contributed by atoms with Crippen molar-refractivity contribution in [1.82, 2.24) is 9.13 Å². The van der Waals surface area contributed by atoms with Crippen molar-refractivity contribution in [2.75, 3.05) is 19.5 Å². The van der Waals surface area contributed by atoms with E-state index in [-0.39, 0.29) is 0 Å². The number of methoxy groups -OCH3 is 2. The van der Waals surface area contributed by atoms with E-state index in [1.54, 1.807) is 38.4 Å². The summed E-state index contributed by atoms with van der Waals surface area (Å²) in [5.74, 6) is -1.02. The molecule has 0 amide bonds. The monoisotopic (exact) mass is 371 g/mol. The second-order valence-electron chi connectivity index (χ2n) is 6.37. The van der Waals surface area contributed by atoms with Gasteiger partial charge < -0.3 is 14.8 Å². The van der Waals surface area contributed by atoms with Gasteiger partial charge >= 0.3 is 11.7 Å². The SMILES string of the molecule is C=C1Nc2c(c(=O)n(C)c(=O)n2C)C(c2ccc(OC)cc2)C1C(=O)OC. The molecule has 0 fully saturated rings. The van der Waals surface area contributed by atoms with Crippen molar-refractivity contribution in [1.29, 1.82) is 0 Å². The molecule has 3 rings (SSSR count). The zero-order valence-electron chi connectivity index (χ0n) is 15.6. The lowest BCUT2D eigenvalue weighted by atomic mass is 9.77. The van der Waals surface area contributed by atoms with E-state index in [0.29, 0.717) is 28.4 Å². The Bertz CT molecular complexity index is 1030. The summed E-state index contributed by atoms with van der Waals surface area (Å²) in [6.07, 6.45) is 0. The summed E-state index contributed by atoms with van der Waals surface area (Å²) in [7, 11) is 5.81. The van der Waals surface area contributed by atoms with Gasteiger partial charge in [-0.25, -0.2) is 4.79 Å². The normalized spacial score (nSPS) is 18.4. The van der Waals surface area contributed by atoms with Crippen LogP contribution in [0.5, 0.6) is 5.75 Å². The topological polar surface area (TPSA) is 91.6 Å². The van der Waals surface area contributed by atoms with Gasteiger partial charge in [0.1, 0.15) is 17.5 Å². The summed E-state index contributed by atoms with van der Waals surface area (Å²) >= 11 is 0. The zero-order valence-corrected chi connectivity index (χ0v) is 15.6. The number of fused-ring (bicyclic) bond motifs is 1. The summed E-state index contributed by atoms with van der Waals surface area (Å²) in [6, 6.07) is 7.07. The van der Waals surface area contributed by atoms with E-state index >= 15 is 0 Å². The van der Waals surface area contributed by atoms with Gasteiger partial charge in [0.25, 0.3) is 5.56 Å². The Morgan fingerprint density at radius 2 is 1.74 bits per heavy atom. The number of carbonyl (C=O) groups is 1. The van der Waals surface area contributed by atoms with E-state index in [9.17, 15) is 14.4 Å². The van der Waals surface area contributed by atoms with E-state index in [2.05, 4.69) is 11.9 Å². The molecule has 27 heavy (non-hydrogen) atoms. The van der Waals surface area contributed by atoms with Crippen molar-refractivity contribution in [2.24, 2.45) is 20.0 Å². The van der Waals surface area contributed by atoms with Gasteiger partial charge in [0, 0.05) is 25.7 Å². The van der Waals surface area contributed by atoms with Crippen LogP contribution in [-0.2, 0) is 23.6 Å². The Morgan fingerprint density at radius 1 is 1.11 bits per heavy atom. The predicted octanol–water partition coefficient (Wildman–Crippen LogP) is 0.953. The van der Waals surface area contributed by atoms with Crippen molar-refractivity contribution in [3.63, 3.8) is 0 Å². The quantitative estimate of drug-likeness (QED) is 0.808. The maximum atomic E-state index is 13.0. The minimum Gasteiger partial charge on any atom is -0.497 e. The molecular weight excluding hydrogens is 350 g/mol. The number of hydrogen-bond donors (Lipinski definition) is 1. The van der Waals surface area contributed by atoms with Gasteiger partial charge in [-0.1, -0.05) is 18.7 Å². The van der Waals surface area contributed by atoms with Crippen molar-refractivity contribution < 1.29 is 14.3 Å². The maximum Gasteiger partial charge on any atom is 0.332 e. The lowest BCUT2D eigenvalue weighted by molar-refractivity contribution is -0.144. The summed E-state index contributed by atoms with van der Waals surface area (Å²) in [5.41, 5.74) is 0.448. The van der Waals surface area contributed by atoms with Crippen LogP contribution >= 0.6 is 0 Å². The van der Waals surface area contributed by atoms with Crippen LogP contribution in [0.1, 0.15) is 17.0 Å². The van der Waals surface area contributed by atoms with Crippen molar-refractivity contribution in [3.05, 3.63) is 68.5 Å². The average Bonchev–Trinajstić information content (AvgIpc) is 2.69. The third-order valence-corrected chi connectivity index (χ3v) is 4.93. The van der Waals surface area contributed by atoms with Crippen LogP contribution in [0.3, 0.4) is 0 Å². The number of benzene rings is 1. The Kier molecular flexibility index (Phi) is 4.65. The fourth-order valence-corrected chi connectivity index (χ4v) is 3.48. The number of aromatic nitrogens is 2. The smallest absolute Gasteiger partial charge is 0.332 e. The highest BCUT2D eigenvalue weighted by atomic mass is 16.5. The van der Waals surface area contributed by atoms with Gasteiger partial charge in [0.2, 0.25) is 0 Å². The first-order chi connectivity index (χ1) is 12.8. The van der Waals surface area contributed by atoms with Crippen LogP contribution in [0.4, 0.5) is 5.82 Å². The molecule has 8 nitrogen and oxygen atoms in total. The lowest BCUT2D eigenvalue weighted by Crippen LogP contribution is -2.46. The number of esters is 1. The predicted molar refractivity (Wildman–Crippen MR) is 100 cm³/mol.